The van der Waals surface area contributed by atoms with Crippen LogP contribution in [0.3, 0.4) is 0 Å². The number of benzene rings is 1. The molecule has 1 aliphatic heterocycles. The molecule has 20 heavy (non-hydrogen) atoms. The molecule has 1 heterocycles. The highest BCUT2D eigenvalue weighted by Crippen LogP contribution is 2.44. The van der Waals surface area contributed by atoms with Crippen molar-refractivity contribution in [3.05, 3.63) is 33.8 Å². The lowest BCUT2D eigenvalue weighted by atomic mass is 9.89. The number of hydrogen-bond acceptors (Lipinski definition) is 2. The number of nitrogens with zero attached hydrogens (tertiary/aromatic N) is 1. The number of likely N-dealkylation sites (tertiary alicyclic amines) is 1. The molecule has 2 atom stereocenters. The van der Waals surface area contributed by atoms with E-state index in [-0.39, 0.29) is 0 Å². The second kappa shape index (κ2) is 6.23. The van der Waals surface area contributed by atoms with E-state index in [4.69, 9.17) is 28.9 Å². The fraction of sp³-hybridized carbons (Fsp3) is 0.625. The van der Waals surface area contributed by atoms with Crippen molar-refractivity contribution in [3.8, 4) is 0 Å². The molecule has 1 aliphatic carbocycles. The summed E-state index contributed by atoms with van der Waals surface area (Å²) in [6, 6.07) is 7.06. The summed E-state index contributed by atoms with van der Waals surface area (Å²) in [7, 11) is 0. The number of rotatable bonds is 3. The monoisotopic (exact) mass is 312 g/mol. The second-order valence-corrected chi connectivity index (χ2v) is 6.83. The standard InChI is InChI=1S/C16H22Cl2N2/c17-14-6-3-5-13(15(14)18)16-11(10-19)4-1-2-9-20(16)12-7-8-12/h3,5-6,11-12,16H,1-2,4,7-10,19H2. The van der Waals surface area contributed by atoms with Gasteiger partial charge in [0.15, 0.2) is 0 Å². The highest BCUT2D eigenvalue weighted by atomic mass is 35.5. The molecular weight excluding hydrogens is 291 g/mol. The van der Waals surface area contributed by atoms with E-state index in [1.165, 1.54) is 37.7 Å². The molecule has 0 aromatic heterocycles. The maximum absolute atomic E-state index is 6.49. The van der Waals surface area contributed by atoms with Crippen LogP contribution in [0.1, 0.15) is 43.7 Å². The van der Waals surface area contributed by atoms with Gasteiger partial charge in [0.05, 0.1) is 10.0 Å². The first-order chi connectivity index (χ1) is 9.72. The highest BCUT2D eigenvalue weighted by Gasteiger charge is 2.39. The van der Waals surface area contributed by atoms with Crippen molar-refractivity contribution >= 4 is 23.2 Å². The molecular formula is C16H22Cl2N2. The lowest BCUT2D eigenvalue weighted by Crippen LogP contribution is -2.37. The van der Waals surface area contributed by atoms with Crippen molar-refractivity contribution < 1.29 is 0 Å². The zero-order valence-corrected chi connectivity index (χ0v) is 13.2. The third-order valence-corrected chi connectivity index (χ3v) is 5.50. The Balaban J connectivity index is 2.00. The molecule has 1 aromatic carbocycles. The van der Waals surface area contributed by atoms with Gasteiger partial charge in [-0.05, 0) is 56.3 Å². The number of halogens is 2. The molecule has 2 aliphatic rings. The van der Waals surface area contributed by atoms with Crippen LogP contribution >= 0.6 is 23.2 Å². The maximum Gasteiger partial charge on any atom is 0.0640 e. The molecule has 2 nitrogen and oxygen atoms in total. The first-order valence-corrected chi connectivity index (χ1v) is 8.37. The number of nitrogens with two attached hydrogens (primary N) is 1. The molecule has 110 valence electrons. The van der Waals surface area contributed by atoms with Gasteiger partial charge in [-0.25, -0.2) is 0 Å². The first-order valence-electron chi connectivity index (χ1n) is 7.62. The van der Waals surface area contributed by atoms with Crippen LogP contribution in [-0.4, -0.2) is 24.0 Å². The van der Waals surface area contributed by atoms with E-state index in [0.29, 0.717) is 22.0 Å². The lowest BCUT2D eigenvalue weighted by molar-refractivity contribution is 0.149. The van der Waals surface area contributed by atoms with Crippen molar-refractivity contribution in [2.75, 3.05) is 13.1 Å². The van der Waals surface area contributed by atoms with Gasteiger partial charge in [0.25, 0.3) is 0 Å². The summed E-state index contributed by atoms with van der Waals surface area (Å²) in [5, 5.41) is 1.37. The predicted molar refractivity (Wildman–Crippen MR) is 85.3 cm³/mol. The lowest BCUT2D eigenvalue weighted by Gasteiger charge is -2.36. The summed E-state index contributed by atoms with van der Waals surface area (Å²) in [6.07, 6.45) is 6.34. The average molecular weight is 313 g/mol. The van der Waals surface area contributed by atoms with Crippen LogP contribution in [0, 0.1) is 5.92 Å². The first kappa shape index (κ1) is 14.6. The summed E-state index contributed by atoms with van der Waals surface area (Å²) in [6.45, 7) is 1.88. The molecule has 0 spiro atoms. The predicted octanol–water partition coefficient (Wildman–Crippen LogP) is 4.26. The van der Waals surface area contributed by atoms with E-state index in [9.17, 15) is 0 Å². The van der Waals surface area contributed by atoms with Gasteiger partial charge < -0.3 is 5.73 Å². The topological polar surface area (TPSA) is 29.3 Å². The number of hydrogen-bond donors (Lipinski definition) is 1. The van der Waals surface area contributed by atoms with Gasteiger partial charge in [0, 0.05) is 12.1 Å². The molecule has 3 rings (SSSR count). The Morgan fingerprint density at radius 2 is 1.95 bits per heavy atom. The Bertz CT molecular complexity index is 474. The molecule has 0 bridgehead atoms. The normalized spacial score (nSPS) is 28.4. The highest BCUT2D eigenvalue weighted by molar-refractivity contribution is 6.42. The Hall–Kier alpha value is -0.280. The Labute approximate surface area is 131 Å². The minimum atomic E-state index is 0.334. The molecule has 2 N–H and O–H groups in total. The third-order valence-electron chi connectivity index (χ3n) is 4.66. The van der Waals surface area contributed by atoms with E-state index in [0.717, 1.165) is 19.1 Å². The average Bonchev–Trinajstić information content (AvgIpc) is 3.26. The fourth-order valence-electron chi connectivity index (χ4n) is 3.51. The van der Waals surface area contributed by atoms with Gasteiger partial charge in [-0.2, -0.15) is 0 Å². The van der Waals surface area contributed by atoms with Crippen molar-refractivity contribution in [2.45, 2.75) is 44.2 Å². The smallest absolute Gasteiger partial charge is 0.0640 e. The third kappa shape index (κ3) is 2.85. The fourth-order valence-corrected chi connectivity index (χ4v) is 3.93. The van der Waals surface area contributed by atoms with Crippen LogP contribution in [0.4, 0.5) is 0 Å². The minimum Gasteiger partial charge on any atom is -0.330 e. The van der Waals surface area contributed by atoms with E-state index in [2.05, 4.69) is 11.0 Å². The van der Waals surface area contributed by atoms with Gasteiger partial charge in [-0.1, -0.05) is 41.8 Å². The van der Waals surface area contributed by atoms with Crippen molar-refractivity contribution in [2.24, 2.45) is 11.7 Å². The summed E-state index contributed by atoms with van der Waals surface area (Å²) in [5.41, 5.74) is 7.24. The van der Waals surface area contributed by atoms with Crippen molar-refractivity contribution in [1.29, 1.82) is 0 Å². The summed E-state index contributed by atoms with van der Waals surface area (Å²) in [4.78, 5) is 2.64. The molecule has 1 saturated heterocycles. The maximum atomic E-state index is 6.49. The molecule has 1 saturated carbocycles. The van der Waals surface area contributed by atoms with Gasteiger partial charge in [0.1, 0.15) is 0 Å². The molecule has 4 heteroatoms. The SMILES string of the molecule is NCC1CCCCN(C2CC2)C1c1cccc(Cl)c1Cl. The van der Waals surface area contributed by atoms with E-state index in [1.54, 1.807) is 0 Å². The van der Waals surface area contributed by atoms with Crippen LogP contribution in [0.2, 0.25) is 10.0 Å². The van der Waals surface area contributed by atoms with Crippen LogP contribution < -0.4 is 5.73 Å². The van der Waals surface area contributed by atoms with Gasteiger partial charge >= 0.3 is 0 Å². The Morgan fingerprint density at radius 1 is 1.15 bits per heavy atom. The summed E-state index contributed by atoms with van der Waals surface area (Å²) >= 11 is 12.7. The van der Waals surface area contributed by atoms with Crippen LogP contribution in [-0.2, 0) is 0 Å². The molecule has 0 radical (unpaired) electrons. The zero-order chi connectivity index (χ0) is 14.1. The van der Waals surface area contributed by atoms with Gasteiger partial charge in [0.2, 0.25) is 0 Å². The van der Waals surface area contributed by atoms with Crippen molar-refractivity contribution in [3.63, 3.8) is 0 Å². The van der Waals surface area contributed by atoms with Gasteiger partial charge in [-0.15, -0.1) is 0 Å². The van der Waals surface area contributed by atoms with E-state index < -0.39 is 0 Å². The van der Waals surface area contributed by atoms with Crippen LogP contribution in [0.5, 0.6) is 0 Å². The van der Waals surface area contributed by atoms with Gasteiger partial charge in [-0.3, -0.25) is 4.90 Å². The Kier molecular flexibility index (Phi) is 4.56. The van der Waals surface area contributed by atoms with E-state index in [1.807, 2.05) is 12.1 Å². The molecule has 1 aromatic rings. The molecule has 0 amide bonds. The second-order valence-electron chi connectivity index (χ2n) is 6.05. The quantitative estimate of drug-likeness (QED) is 0.903. The largest absolute Gasteiger partial charge is 0.330 e. The van der Waals surface area contributed by atoms with E-state index >= 15 is 0 Å². The summed E-state index contributed by atoms with van der Waals surface area (Å²) < 4.78 is 0. The zero-order valence-electron chi connectivity index (χ0n) is 11.7. The molecule has 2 unspecified atom stereocenters. The van der Waals surface area contributed by atoms with Crippen LogP contribution in [0.25, 0.3) is 0 Å². The van der Waals surface area contributed by atoms with Crippen molar-refractivity contribution in [1.82, 2.24) is 4.90 Å². The summed E-state index contributed by atoms with van der Waals surface area (Å²) in [5.74, 6) is 0.481. The minimum absolute atomic E-state index is 0.334. The van der Waals surface area contributed by atoms with Crippen LogP contribution in [0.15, 0.2) is 18.2 Å². The Morgan fingerprint density at radius 3 is 2.65 bits per heavy atom. The molecule has 2 fully saturated rings.